The summed E-state index contributed by atoms with van der Waals surface area (Å²) in [6.45, 7) is 2.49. The van der Waals surface area contributed by atoms with E-state index in [1.165, 1.54) is 0 Å². The molecule has 0 unspecified atom stereocenters. The molecule has 8 heteroatoms. The predicted molar refractivity (Wildman–Crippen MR) is 134 cm³/mol. The summed E-state index contributed by atoms with van der Waals surface area (Å²) in [4.78, 5) is 4.91. The maximum atomic E-state index is 5.99. The quantitative estimate of drug-likeness (QED) is 0.154. The SMILES string of the molecule is COc1ccc(-c2csc3ccc(COc4ccc(CCC(=NN)NN)cc4)nc23)c(C)c1. The summed E-state index contributed by atoms with van der Waals surface area (Å²) < 4.78 is 12.5. The average Bonchev–Trinajstić information content (AvgIpc) is 3.27. The first-order chi connectivity index (χ1) is 16.1. The maximum absolute atomic E-state index is 5.99. The average molecular weight is 462 g/mol. The third kappa shape index (κ3) is 5.24. The number of nitrogens with zero attached hydrogens (tertiary/aromatic N) is 2. The summed E-state index contributed by atoms with van der Waals surface area (Å²) in [6.07, 6.45) is 1.43. The molecule has 0 radical (unpaired) electrons. The molecule has 170 valence electrons. The van der Waals surface area contributed by atoms with E-state index in [9.17, 15) is 0 Å². The molecule has 7 nitrogen and oxygen atoms in total. The van der Waals surface area contributed by atoms with E-state index in [2.05, 4.69) is 35.0 Å². The van der Waals surface area contributed by atoms with Gasteiger partial charge in [-0.15, -0.1) is 11.3 Å². The Morgan fingerprint density at radius 3 is 2.55 bits per heavy atom. The van der Waals surface area contributed by atoms with Crippen LogP contribution in [0, 0.1) is 6.92 Å². The number of amidine groups is 1. The molecule has 0 spiro atoms. The van der Waals surface area contributed by atoms with Crippen LogP contribution in [0.5, 0.6) is 11.5 Å². The number of methoxy groups -OCH3 is 1. The minimum atomic E-state index is 0.396. The van der Waals surface area contributed by atoms with E-state index in [-0.39, 0.29) is 0 Å². The molecule has 0 atom stereocenters. The number of fused-ring (bicyclic) bond motifs is 1. The Morgan fingerprint density at radius 2 is 1.85 bits per heavy atom. The van der Waals surface area contributed by atoms with Gasteiger partial charge in [0.1, 0.15) is 23.9 Å². The molecule has 0 amide bonds. The molecule has 4 rings (SSSR count). The Morgan fingerprint density at radius 1 is 1.06 bits per heavy atom. The van der Waals surface area contributed by atoms with Crippen LogP contribution in [0.15, 0.2) is 65.1 Å². The molecule has 0 aliphatic carbocycles. The number of thiophene rings is 1. The highest BCUT2D eigenvalue weighted by atomic mass is 32.1. The van der Waals surface area contributed by atoms with Gasteiger partial charge in [0.2, 0.25) is 0 Å². The minimum Gasteiger partial charge on any atom is -0.497 e. The van der Waals surface area contributed by atoms with E-state index in [4.69, 9.17) is 26.1 Å². The van der Waals surface area contributed by atoms with Crippen LogP contribution in [0.3, 0.4) is 0 Å². The van der Waals surface area contributed by atoms with Gasteiger partial charge < -0.3 is 20.7 Å². The van der Waals surface area contributed by atoms with Crippen LogP contribution in [-0.4, -0.2) is 17.9 Å². The number of hydrazine groups is 1. The van der Waals surface area contributed by atoms with Gasteiger partial charge in [-0.2, -0.15) is 5.10 Å². The van der Waals surface area contributed by atoms with Gasteiger partial charge in [-0.3, -0.25) is 0 Å². The molecule has 2 aromatic heterocycles. The first-order valence-electron chi connectivity index (χ1n) is 10.6. The summed E-state index contributed by atoms with van der Waals surface area (Å²) in [5, 5.41) is 5.77. The van der Waals surface area contributed by atoms with Gasteiger partial charge in [-0.1, -0.05) is 18.2 Å². The van der Waals surface area contributed by atoms with Crippen molar-refractivity contribution in [1.82, 2.24) is 10.4 Å². The Balaban J connectivity index is 1.46. The molecule has 0 saturated carbocycles. The van der Waals surface area contributed by atoms with Gasteiger partial charge in [-0.05, 0) is 66.4 Å². The lowest BCUT2D eigenvalue weighted by Crippen LogP contribution is -2.31. The van der Waals surface area contributed by atoms with Crippen molar-refractivity contribution in [3.63, 3.8) is 0 Å². The Kier molecular flexibility index (Phi) is 7.07. The Hall–Kier alpha value is -3.62. The predicted octanol–water partition coefficient (Wildman–Crippen LogP) is 4.53. The number of hydrogen-bond donors (Lipinski definition) is 3. The molecule has 5 N–H and O–H groups in total. The van der Waals surface area contributed by atoms with E-state index >= 15 is 0 Å². The fraction of sp³-hybridized carbons (Fsp3) is 0.200. The largest absolute Gasteiger partial charge is 0.497 e. The van der Waals surface area contributed by atoms with Gasteiger partial charge in [-0.25, -0.2) is 10.8 Å². The molecule has 0 saturated heterocycles. The molecule has 0 fully saturated rings. The smallest absolute Gasteiger partial charge is 0.136 e. The van der Waals surface area contributed by atoms with Crippen molar-refractivity contribution in [2.24, 2.45) is 16.8 Å². The third-order valence-electron chi connectivity index (χ3n) is 5.48. The van der Waals surface area contributed by atoms with Crippen molar-refractivity contribution in [3.8, 4) is 22.6 Å². The third-order valence-corrected chi connectivity index (χ3v) is 6.42. The normalized spacial score (nSPS) is 11.5. The van der Waals surface area contributed by atoms with Gasteiger partial charge >= 0.3 is 0 Å². The first kappa shape index (κ1) is 22.6. The van der Waals surface area contributed by atoms with E-state index in [1.807, 2.05) is 42.5 Å². The second-order valence-corrected chi connectivity index (χ2v) is 8.54. The van der Waals surface area contributed by atoms with Crippen molar-refractivity contribution in [1.29, 1.82) is 0 Å². The summed E-state index contributed by atoms with van der Waals surface area (Å²) in [7, 11) is 1.68. The molecule has 2 heterocycles. The van der Waals surface area contributed by atoms with Crippen LogP contribution in [0.1, 0.15) is 23.2 Å². The number of aryl methyl sites for hydroxylation is 2. The molecule has 0 bridgehead atoms. The molecular weight excluding hydrogens is 434 g/mol. The van der Waals surface area contributed by atoms with E-state index < -0.39 is 0 Å². The van der Waals surface area contributed by atoms with E-state index in [0.29, 0.717) is 18.9 Å². The van der Waals surface area contributed by atoms with Crippen LogP contribution in [0.2, 0.25) is 0 Å². The number of hydrazone groups is 1. The summed E-state index contributed by atoms with van der Waals surface area (Å²) in [6, 6.07) is 18.2. The fourth-order valence-corrected chi connectivity index (χ4v) is 4.53. The number of hydrogen-bond acceptors (Lipinski definition) is 7. The summed E-state index contributed by atoms with van der Waals surface area (Å²) in [5.41, 5.74) is 8.98. The van der Waals surface area contributed by atoms with Crippen LogP contribution < -0.4 is 26.6 Å². The summed E-state index contributed by atoms with van der Waals surface area (Å²) >= 11 is 1.70. The van der Waals surface area contributed by atoms with Crippen LogP contribution >= 0.6 is 11.3 Å². The molecule has 33 heavy (non-hydrogen) atoms. The van der Waals surface area contributed by atoms with Gasteiger partial charge in [0.25, 0.3) is 0 Å². The molecule has 2 aromatic carbocycles. The standard InChI is InChI=1S/C25H27N5O2S/c1-16-13-20(31-2)9-10-21(16)22-15-33-23-11-6-18(28-25(22)23)14-32-19-7-3-17(4-8-19)5-12-24(29-26)30-27/h3-4,6-11,13,15H,5,12,14,26-27H2,1-2H3,(H,29,30). The van der Waals surface area contributed by atoms with Crippen molar-refractivity contribution in [2.45, 2.75) is 26.4 Å². The number of ether oxygens (including phenoxy) is 2. The number of aromatic nitrogens is 1. The Labute approximate surface area is 197 Å². The number of rotatable bonds is 8. The highest BCUT2D eigenvalue weighted by Gasteiger charge is 2.12. The first-order valence-corrected chi connectivity index (χ1v) is 11.5. The number of nitrogens with two attached hydrogens (primary N) is 2. The van der Waals surface area contributed by atoms with E-state index in [0.717, 1.165) is 56.1 Å². The van der Waals surface area contributed by atoms with Crippen molar-refractivity contribution < 1.29 is 9.47 Å². The van der Waals surface area contributed by atoms with Crippen LogP contribution in [-0.2, 0) is 13.0 Å². The topological polar surface area (TPSA) is 108 Å². The zero-order chi connectivity index (χ0) is 23.2. The molecule has 0 aliphatic heterocycles. The second kappa shape index (κ2) is 10.3. The zero-order valence-corrected chi connectivity index (χ0v) is 19.5. The number of nitrogens with one attached hydrogen (secondary N) is 1. The maximum Gasteiger partial charge on any atom is 0.136 e. The highest BCUT2D eigenvalue weighted by Crippen LogP contribution is 2.35. The van der Waals surface area contributed by atoms with Gasteiger partial charge in [0, 0.05) is 17.4 Å². The molecular formula is C25H27N5O2S. The van der Waals surface area contributed by atoms with Crippen molar-refractivity contribution in [2.75, 3.05) is 7.11 Å². The summed E-state index contributed by atoms with van der Waals surface area (Å²) in [5.74, 6) is 12.8. The highest BCUT2D eigenvalue weighted by molar-refractivity contribution is 7.17. The molecule has 4 aromatic rings. The van der Waals surface area contributed by atoms with Crippen LogP contribution in [0.25, 0.3) is 21.3 Å². The van der Waals surface area contributed by atoms with Crippen molar-refractivity contribution in [3.05, 3.63) is 76.8 Å². The fourth-order valence-electron chi connectivity index (χ4n) is 3.64. The number of pyridine rings is 1. The van der Waals surface area contributed by atoms with Crippen molar-refractivity contribution >= 4 is 27.4 Å². The van der Waals surface area contributed by atoms with E-state index in [1.54, 1.807) is 18.4 Å². The number of benzene rings is 2. The molecule has 0 aliphatic rings. The van der Waals surface area contributed by atoms with Crippen LogP contribution in [0.4, 0.5) is 0 Å². The lowest BCUT2D eigenvalue weighted by molar-refractivity contribution is 0.302. The van der Waals surface area contributed by atoms with Gasteiger partial charge in [0.05, 0.1) is 23.0 Å². The minimum absolute atomic E-state index is 0.396. The Bertz CT molecular complexity index is 1270. The second-order valence-electron chi connectivity index (χ2n) is 7.63. The van der Waals surface area contributed by atoms with Gasteiger partial charge in [0.15, 0.2) is 0 Å². The monoisotopic (exact) mass is 461 g/mol. The zero-order valence-electron chi connectivity index (χ0n) is 18.7. The lowest BCUT2D eigenvalue weighted by atomic mass is 10.0. The lowest BCUT2D eigenvalue weighted by Gasteiger charge is -2.09.